The number of hydrogen-bond donors (Lipinski definition) is 0. The molecule has 0 radical (unpaired) electrons. The van der Waals surface area contributed by atoms with Crippen LogP contribution < -0.4 is 0 Å². The normalized spacial score (nSPS) is 18.0. The fourth-order valence-electron chi connectivity index (χ4n) is 1.93. The van der Waals surface area contributed by atoms with E-state index in [1.165, 1.54) is 6.92 Å². The molecule has 4 nitrogen and oxygen atoms in total. The third kappa shape index (κ3) is 3.54. The molecule has 0 fully saturated rings. The molecule has 0 saturated heterocycles. The van der Waals surface area contributed by atoms with Crippen LogP contribution >= 0.6 is 0 Å². The Morgan fingerprint density at radius 2 is 1.95 bits per heavy atom. The van der Waals surface area contributed by atoms with E-state index in [9.17, 15) is 10.1 Å². The number of nitrogens with zero attached hydrogens (tertiary/aromatic N) is 2. The lowest BCUT2D eigenvalue weighted by Gasteiger charge is -2.10. The van der Waals surface area contributed by atoms with Crippen LogP contribution in [0.3, 0.4) is 0 Å². The van der Waals surface area contributed by atoms with Crippen LogP contribution in [0.15, 0.2) is 64.9 Å². The Kier molecular flexibility index (Phi) is 4.47. The topological polar surface area (TPSA) is 62.4 Å². The molecule has 2 rings (SSSR count). The SMILES string of the molecule is CC(=O)O/N=C1C=C/C(=C(\C#N)c2ccccc2)C=C\1C. The van der Waals surface area contributed by atoms with Crippen molar-refractivity contribution in [1.29, 1.82) is 5.26 Å². The van der Waals surface area contributed by atoms with E-state index in [4.69, 9.17) is 0 Å². The van der Waals surface area contributed by atoms with Crippen molar-refractivity contribution in [2.24, 2.45) is 5.16 Å². The van der Waals surface area contributed by atoms with Crippen LogP contribution in [0.1, 0.15) is 19.4 Å². The van der Waals surface area contributed by atoms with Crippen LogP contribution in [0, 0.1) is 11.3 Å². The van der Waals surface area contributed by atoms with Gasteiger partial charge in [-0.2, -0.15) is 5.26 Å². The van der Waals surface area contributed by atoms with Crippen LogP contribution in [0.5, 0.6) is 0 Å². The molecule has 21 heavy (non-hydrogen) atoms. The summed E-state index contributed by atoms with van der Waals surface area (Å²) < 4.78 is 0. The molecule has 104 valence electrons. The summed E-state index contributed by atoms with van der Waals surface area (Å²) in [6, 6.07) is 11.7. The Balaban J connectivity index is 2.38. The lowest BCUT2D eigenvalue weighted by molar-refractivity contribution is -0.140. The van der Waals surface area contributed by atoms with E-state index in [-0.39, 0.29) is 0 Å². The molecule has 0 aliphatic heterocycles. The molecule has 0 heterocycles. The highest BCUT2D eigenvalue weighted by atomic mass is 16.7. The van der Waals surface area contributed by atoms with Crippen LogP contribution in [0.2, 0.25) is 0 Å². The van der Waals surface area contributed by atoms with E-state index in [1.807, 2.05) is 43.3 Å². The Labute approximate surface area is 123 Å². The zero-order chi connectivity index (χ0) is 15.2. The summed E-state index contributed by atoms with van der Waals surface area (Å²) in [6.07, 6.45) is 5.38. The van der Waals surface area contributed by atoms with Gasteiger partial charge in [-0.1, -0.05) is 41.6 Å². The number of benzene rings is 1. The van der Waals surface area contributed by atoms with Gasteiger partial charge in [0.1, 0.15) is 11.8 Å². The molecule has 1 aliphatic rings. The molecule has 0 unspecified atom stereocenters. The smallest absolute Gasteiger partial charge is 0.318 e. The minimum Gasteiger partial charge on any atom is -0.318 e. The van der Waals surface area contributed by atoms with E-state index in [0.29, 0.717) is 11.3 Å². The van der Waals surface area contributed by atoms with Crippen LogP contribution in [0.4, 0.5) is 0 Å². The highest BCUT2D eigenvalue weighted by molar-refractivity contribution is 6.10. The second-order valence-corrected chi connectivity index (χ2v) is 4.53. The minimum atomic E-state index is -0.466. The predicted octanol–water partition coefficient (Wildman–Crippen LogP) is 3.40. The molecule has 1 aromatic carbocycles. The average molecular weight is 278 g/mol. The van der Waals surface area contributed by atoms with Crippen molar-refractivity contribution in [3.63, 3.8) is 0 Å². The summed E-state index contributed by atoms with van der Waals surface area (Å²) in [5.74, 6) is -0.466. The highest BCUT2D eigenvalue weighted by Gasteiger charge is 2.11. The number of carbonyl (C=O) groups excluding carboxylic acids is 1. The van der Waals surface area contributed by atoms with Crippen molar-refractivity contribution in [1.82, 2.24) is 0 Å². The van der Waals surface area contributed by atoms with Crippen molar-refractivity contribution in [3.05, 3.63) is 65.3 Å². The Bertz CT molecular complexity index is 717. The number of carbonyl (C=O) groups is 1. The molecule has 0 spiro atoms. The second-order valence-electron chi connectivity index (χ2n) is 4.53. The van der Waals surface area contributed by atoms with E-state index in [2.05, 4.69) is 16.1 Å². The van der Waals surface area contributed by atoms with Crippen molar-refractivity contribution in [2.75, 3.05) is 0 Å². The molecule has 1 aromatic rings. The first-order valence-electron chi connectivity index (χ1n) is 6.44. The molecular formula is C17H14N2O2. The number of oxime groups is 1. The largest absolute Gasteiger partial charge is 0.332 e. The second kappa shape index (κ2) is 6.49. The maximum Gasteiger partial charge on any atom is 0.332 e. The van der Waals surface area contributed by atoms with E-state index in [0.717, 1.165) is 16.7 Å². The first-order chi connectivity index (χ1) is 10.1. The average Bonchev–Trinajstić information content (AvgIpc) is 2.48. The lowest BCUT2D eigenvalue weighted by Crippen LogP contribution is -2.04. The van der Waals surface area contributed by atoms with Gasteiger partial charge in [0.25, 0.3) is 0 Å². The zero-order valence-corrected chi connectivity index (χ0v) is 11.8. The van der Waals surface area contributed by atoms with Gasteiger partial charge >= 0.3 is 5.97 Å². The van der Waals surface area contributed by atoms with Crippen LogP contribution in [0.25, 0.3) is 5.57 Å². The molecule has 0 amide bonds. The van der Waals surface area contributed by atoms with Gasteiger partial charge in [0.15, 0.2) is 0 Å². The Hall–Kier alpha value is -2.93. The van der Waals surface area contributed by atoms with Gasteiger partial charge in [-0.05, 0) is 35.8 Å². The summed E-state index contributed by atoms with van der Waals surface area (Å²) in [7, 11) is 0. The molecule has 0 saturated carbocycles. The van der Waals surface area contributed by atoms with Crippen molar-refractivity contribution < 1.29 is 9.63 Å². The summed E-state index contributed by atoms with van der Waals surface area (Å²) >= 11 is 0. The number of allylic oxidation sites excluding steroid dienone is 6. The van der Waals surface area contributed by atoms with Gasteiger partial charge < -0.3 is 4.84 Å². The molecule has 0 aromatic heterocycles. The monoisotopic (exact) mass is 278 g/mol. The quantitative estimate of drug-likeness (QED) is 0.473. The summed E-state index contributed by atoms with van der Waals surface area (Å²) in [5, 5.41) is 13.2. The zero-order valence-electron chi connectivity index (χ0n) is 11.8. The predicted molar refractivity (Wildman–Crippen MR) is 81.1 cm³/mol. The number of hydrogen-bond acceptors (Lipinski definition) is 4. The molecular weight excluding hydrogens is 264 g/mol. The summed E-state index contributed by atoms with van der Waals surface area (Å²) in [4.78, 5) is 15.4. The third-order valence-corrected chi connectivity index (χ3v) is 2.93. The Morgan fingerprint density at radius 3 is 2.52 bits per heavy atom. The van der Waals surface area contributed by atoms with Crippen molar-refractivity contribution >= 4 is 17.3 Å². The molecule has 4 heteroatoms. The molecule has 0 atom stereocenters. The fraction of sp³-hybridized carbons (Fsp3) is 0.118. The lowest BCUT2D eigenvalue weighted by atomic mass is 9.94. The number of rotatable bonds is 2. The van der Waals surface area contributed by atoms with Gasteiger partial charge in [-0.15, -0.1) is 0 Å². The molecule has 0 N–H and O–H groups in total. The van der Waals surface area contributed by atoms with Gasteiger partial charge in [0, 0.05) is 6.92 Å². The van der Waals surface area contributed by atoms with Gasteiger partial charge in [0.05, 0.1) is 5.57 Å². The highest BCUT2D eigenvalue weighted by Crippen LogP contribution is 2.24. The van der Waals surface area contributed by atoms with Gasteiger partial charge in [-0.25, -0.2) is 4.79 Å². The minimum absolute atomic E-state index is 0.466. The van der Waals surface area contributed by atoms with E-state index < -0.39 is 5.97 Å². The van der Waals surface area contributed by atoms with Gasteiger partial charge in [0.2, 0.25) is 0 Å². The number of nitriles is 1. The van der Waals surface area contributed by atoms with Crippen LogP contribution in [-0.4, -0.2) is 11.7 Å². The van der Waals surface area contributed by atoms with Gasteiger partial charge in [-0.3, -0.25) is 0 Å². The Morgan fingerprint density at radius 1 is 1.24 bits per heavy atom. The fourth-order valence-corrected chi connectivity index (χ4v) is 1.93. The molecule has 1 aliphatic carbocycles. The van der Waals surface area contributed by atoms with Crippen LogP contribution in [-0.2, 0) is 9.63 Å². The van der Waals surface area contributed by atoms with E-state index in [1.54, 1.807) is 12.2 Å². The standard InChI is InChI=1S/C17H14N2O2/c1-12-10-15(8-9-17(12)19-21-13(2)20)16(11-18)14-6-4-3-5-7-14/h3-10H,1-2H3/b16-15-,19-17+. The first-order valence-corrected chi connectivity index (χ1v) is 6.44. The summed E-state index contributed by atoms with van der Waals surface area (Å²) in [6.45, 7) is 3.15. The summed E-state index contributed by atoms with van der Waals surface area (Å²) in [5.41, 5.74) is 3.67. The maximum atomic E-state index is 10.8. The third-order valence-electron chi connectivity index (χ3n) is 2.93. The first kappa shape index (κ1) is 14.5. The van der Waals surface area contributed by atoms with E-state index >= 15 is 0 Å². The van der Waals surface area contributed by atoms with Crippen molar-refractivity contribution in [3.8, 4) is 6.07 Å². The van der Waals surface area contributed by atoms with Crippen molar-refractivity contribution in [2.45, 2.75) is 13.8 Å². The molecule has 0 bridgehead atoms. The maximum absolute atomic E-state index is 10.8.